The number of carbonyl (C=O) groups is 2. The summed E-state index contributed by atoms with van der Waals surface area (Å²) in [5, 5.41) is 2.63. The molecule has 0 atom stereocenters. The number of nitrogens with one attached hydrogen (secondary N) is 1. The largest absolute Gasteiger partial charge is 0.496 e. The first-order valence-corrected chi connectivity index (χ1v) is 7.02. The molecule has 0 fully saturated rings. The molecule has 0 bridgehead atoms. The number of amides is 1. The molecule has 0 heterocycles. The van der Waals surface area contributed by atoms with E-state index in [9.17, 15) is 9.59 Å². The van der Waals surface area contributed by atoms with Gasteiger partial charge in [-0.1, -0.05) is 36.4 Å². The average Bonchev–Trinajstić information content (AvgIpc) is 2.59. The van der Waals surface area contributed by atoms with Gasteiger partial charge in [0.05, 0.1) is 7.11 Å². The Kier molecular flexibility index (Phi) is 5.94. The molecule has 5 nitrogen and oxygen atoms in total. The van der Waals surface area contributed by atoms with Crippen molar-refractivity contribution < 1.29 is 19.1 Å². The van der Waals surface area contributed by atoms with Gasteiger partial charge in [0.15, 0.2) is 6.61 Å². The third-order valence-corrected chi connectivity index (χ3v) is 2.94. The molecule has 0 saturated carbocycles. The number of methoxy groups -OCH3 is 1. The molecule has 1 amide bonds. The summed E-state index contributed by atoms with van der Waals surface area (Å²) in [4.78, 5) is 23.3. The highest BCUT2D eigenvalue weighted by atomic mass is 16.5. The van der Waals surface area contributed by atoms with Crippen molar-refractivity contribution in [1.29, 1.82) is 0 Å². The molecule has 0 unspecified atom stereocenters. The van der Waals surface area contributed by atoms with Gasteiger partial charge in [-0.05, 0) is 24.3 Å². The number of benzene rings is 2. The SMILES string of the molecule is COc1ccccc1/C=C/C(=O)OCC(=O)Nc1ccccc1. The summed E-state index contributed by atoms with van der Waals surface area (Å²) >= 11 is 0. The van der Waals surface area contributed by atoms with Crippen LogP contribution in [-0.2, 0) is 14.3 Å². The van der Waals surface area contributed by atoms with Crippen molar-refractivity contribution >= 4 is 23.6 Å². The van der Waals surface area contributed by atoms with Gasteiger partial charge < -0.3 is 14.8 Å². The van der Waals surface area contributed by atoms with Crippen LogP contribution < -0.4 is 10.1 Å². The number of rotatable bonds is 6. The molecule has 0 aliphatic carbocycles. The molecule has 0 aliphatic rings. The Balaban J connectivity index is 1.83. The van der Waals surface area contributed by atoms with Gasteiger partial charge in [-0.3, -0.25) is 4.79 Å². The fourth-order valence-electron chi connectivity index (χ4n) is 1.87. The minimum atomic E-state index is -0.598. The van der Waals surface area contributed by atoms with Crippen molar-refractivity contribution in [2.75, 3.05) is 19.0 Å². The maximum Gasteiger partial charge on any atom is 0.331 e. The number of anilines is 1. The molecular weight excluding hydrogens is 294 g/mol. The predicted molar refractivity (Wildman–Crippen MR) is 88.1 cm³/mol. The lowest BCUT2D eigenvalue weighted by Gasteiger charge is -2.05. The molecule has 23 heavy (non-hydrogen) atoms. The molecule has 5 heteroatoms. The Bertz CT molecular complexity index is 695. The van der Waals surface area contributed by atoms with E-state index in [1.54, 1.807) is 43.5 Å². The smallest absolute Gasteiger partial charge is 0.331 e. The van der Waals surface area contributed by atoms with Gasteiger partial charge in [0, 0.05) is 17.3 Å². The van der Waals surface area contributed by atoms with E-state index in [1.807, 2.05) is 24.3 Å². The summed E-state index contributed by atoms with van der Waals surface area (Å²) in [5.41, 5.74) is 1.40. The average molecular weight is 311 g/mol. The van der Waals surface area contributed by atoms with Crippen molar-refractivity contribution in [2.24, 2.45) is 0 Å². The van der Waals surface area contributed by atoms with E-state index in [-0.39, 0.29) is 6.61 Å². The van der Waals surface area contributed by atoms with Gasteiger partial charge in [-0.15, -0.1) is 0 Å². The zero-order valence-corrected chi connectivity index (χ0v) is 12.7. The molecule has 0 aliphatic heterocycles. The number of hydrogen-bond donors (Lipinski definition) is 1. The molecule has 0 saturated heterocycles. The van der Waals surface area contributed by atoms with Gasteiger partial charge in [0.25, 0.3) is 5.91 Å². The number of hydrogen-bond acceptors (Lipinski definition) is 4. The Morgan fingerprint density at radius 3 is 2.48 bits per heavy atom. The molecule has 1 N–H and O–H groups in total. The fraction of sp³-hybridized carbons (Fsp3) is 0.111. The van der Waals surface area contributed by atoms with Crippen LogP contribution in [0.3, 0.4) is 0 Å². The first-order valence-electron chi connectivity index (χ1n) is 7.02. The van der Waals surface area contributed by atoms with E-state index in [0.29, 0.717) is 11.4 Å². The maximum atomic E-state index is 11.7. The topological polar surface area (TPSA) is 64.6 Å². The second-order valence-electron chi connectivity index (χ2n) is 4.60. The van der Waals surface area contributed by atoms with Gasteiger partial charge in [0.1, 0.15) is 5.75 Å². The van der Waals surface area contributed by atoms with Crippen LogP contribution >= 0.6 is 0 Å². The van der Waals surface area contributed by atoms with E-state index < -0.39 is 11.9 Å². The number of ether oxygens (including phenoxy) is 2. The third kappa shape index (κ3) is 5.32. The van der Waals surface area contributed by atoms with Crippen LogP contribution in [0.25, 0.3) is 6.08 Å². The Hall–Kier alpha value is -3.08. The molecule has 118 valence electrons. The number of esters is 1. The molecule has 0 radical (unpaired) electrons. The van der Waals surface area contributed by atoms with Crippen LogP contribution in [0.5, 0.6) is 5.75 Å². The first kappa shape index (κ1) is 16.3. The molecular formula is C18H17NO4. The Labute approximate surface area is 134 Å². The fourth-order valence-corrected chi connectivity index (χ4v) is 1.87. The summed E-state index contributed by atoms with van der Waals surface area (Å²) < 4.78 is 10.1. The Morgan fingerprint density at radius 1 is 1.04 bits per heavy atom. The standard InChI is InChI=1S/C18H17NO4/c1-22-16-10-6-5-7-14(16)11-12-18(21)23-13-17(20)19-15-8-3-2-4-9-15/h2-12H,13H2,1H3,(H,19,20)/b12-11+. The first-order chi connectivity index (χ1) is 11.2. The van der Waals surface area contributed by atoms with Crippen LogP contribution in [0.1, 0.15) is 5.56 Å². The van der Waals surface area contributed by atoms with Crippen molar-refractivity contribution in [2.45, 2.75) is 0 Å². The molecule has 0 spiro atoms. The van der Waals surface area contributed by atoms with Gasteiger partial charge in [-0.2, -0.15) is 0 Å². The van der Waals surface area contributed by atoms with Crippen LogP contribution in [0.4, 0.5) is 5.69 Å². The van der Waals surface area contributed by atoms with E-state index in [4.69, 9.17) is 9.47 Å². The predicted octanol–water partition coefficient (Wildman–Crippen LogP) is 2.89. The summed E-state index contributed by atoms with van der Waals surface area (Å²) in [6, 6.07) is 16.2. The lowest BCUT2D eigenvalue weighted by atomic mass is 10.2. The van der Waals surface area contributed by atoms with Gasteiger partial charge >= 0.3 is 5.97 Å². The quantitative estimate of drug-likeness (QED) is 0.658. The van der Waals surface area contributed by atoms with Crippen LogP contribution in [0, 0.1) is 0 Å². The molecule has 2 aromatic rings. The van der Waals surface area contributed by atoms with Crippen molar-refractivity contribution in [3.63, 3.8) is 0 Å². The highest BCUT2D eigenvalue weighted by molar-refractivity contribution is 5.94. The summed E-state index contributed by atoms with van der Waals surface area (Å²) in [7, 11) is 1.55. The van der Waals surface area contributed by atoms with E-state index in [2.05, 4.69) is 5.32 Å². The summed E-state index contributed by atoms with van der Waals surface area (Å²) in [6.07, 6.45) is 2.84. The second kappa shape index (κ2) is 8.38. The Morgan fingerprint density at radius 2 is 1.74 bits per heavy atom. The minimum Gasteiger partial charge on any atom is -0.496 e. The van der Waals surface area contributed by atoms with Crippen LogP contribution in [0.15, 0.2) is 60.7 Å². The van der Waals surface area contributed by atoms with Crippen molar-refractivity contribution in [3.8, 4) is 5.75 Å². The third-order valence-electron chi connectivity index (χ3n) is 2.94. The lowest BCUT2D eigenvalue weighted by molar-refractivity contribution is -0.142. The second-order valence-corrected chi connectivity index (χ2v) is 4.60. The molecule has 2 aromatic carbocycles. The molecule has 0 aromatic heterocycles. The highest BCUT2D eigenvalue weighted by Crippen LogP contribution is 2.18. The van der Waals surface area contributed by atoms with Crippen LogP contribution in [-0.4, -0.2) is 25.6 Å². The van der Waals surface area contributed by atoms with Crippen molar-refractivity contribution in [3.05, 3.63) is 66.2 Å². The monoisotopic (exact) mass is 311 g/mol. The van der Waals surface area contributed by atoms with Gasteiger partial charge in [0.2, 0.25) is 0 Å². The van der Waals surface area contributed by atoms with E-state index >= 15 is 0 Å². The minimum absolute atomic E-state index is 0.343. The number of carbonyl (C=O) groups excluding carboxylic acids is 2. The van der Waals surface area contributed by atoms with E-state index in [0.717, 1.165) is 5.56 Å². The zero-order valence-electron chi connectivity index (χ0n) is 12.7. The molecule has 2 rings (SSSR count). The maximum absolute atomic E-state index is 11.7. The normalized spacial score (nSPS) is 10.3. The number of para-hydroxylation sites is 2. The van der Waals surface area contributed by atoms with E-state index in [1.165, 1.54) is 6.08 Å². The lowest BCUT2D eigenvalue weighted by Crippen LogP contribution is -2.20. The van der Waals surface area contributed by atoms with Crippen molar-refractivity contribution in [1.82, 2.24) is 0 Å². The van der Waals surface area contributed by atoms with Crippen LogP contribution in [0.2, 0.25) is 0 Å². The zero-order chi connectivity index (χ0) is 16.5. The summed E-state index contributed by atoms with van der Waals surface area (Å²) in [6.45, 7) is -0.343. The summed E-state index contributed by atoms with van der Waals surface area (Å²) in [5.74, 6) is -0.340. The van der Waals surface area contributed by atoms with Gasteiger partial charge in [-0.25, -0.2) is 4.79 Å². The highest BCUT2D eigenvalue weighted by Gasteiger charge is 2.06.